The minimum absolute atomic E-state index is 0.244. The number of hydrogen-bond donors (Lipinski definition) is 1. The summed E-state index contributed by atoms with van der Waals surface area (Å²) in [5, 5.41) is 12.9. The Labute approximate surface area is 262 Å². The van der Waals surface area contributed by atoms with Crippen molar-refractivity contribution >= 4 is 22.4 Å². The Bertz CT molecular complexity index is 1630. The maximum absolute atomic E-state index is 12.7. The summed E-state index contributed by atoms with van der Waals surface area (Å²) in [5.74, 6) is -0.207. The van der Waals surface area contributed by atoms with Crippen LogP contribution in [-0.4, -0.2) is 41.4 Å². The zero-order valence-corrected chi connectivity index (χ0v) is 27.2. The number of nitrogens with zero attached hydrogens (tertiary/aromatic N) is 2. The summed E-state index contributed by atoms with van der Waals surface area (Å²) < 4.78 is 12.4. The van der Waals surface area contributed by atoms with Crippen molar-refractivity contribution < 1.29 is 19.4 Å². The van der Waals surface area contributed by atoms with E-state index >= 15 is 0 Å². The van der Waals surface area contributed by atoms with Crippen LogP contribution in [0.1, 0.15) is 76.1 Å². The van der Waals surface area contributed by atoms with E-state index in [1.165, 1.54) is 16.3 Å². The van der Waals surface area contributed by atoms with E-state index in [1.807, 2.05) is 46.8 Å². The number of hydrogen-bond acceptors (Lipinski definition) is 5. The lowest BCUT2D eigenvalue weighted by Gasteiger charge is -2.41. The number of anilines is 1. The molecule has 2 heterocycles. The van der Waals surface area contributed by atoms with Crippen molar-refractivity contribution in [2.24, 2.45) is 5.41 Å². The highest BCUT2D eigenvalue weighted by Crippen LogP contribution is 2.45. The summed E-state index contributed by atoms with van der Waals surface area (Å²) in [4.78, 5) is 20.0. The molecule has 1 aromatic heterocycles. The number of rotatable bonds is 9. The fraction of sp³-hybridized carbons (Fsp3) is 0.421. The molecule has 1 aliphatic rings. The third kappa shape index (κ3) is 7.24. The van der Waals surface area contributed by atoms with Crippen LogP contribution in [0.15, 0.2) is 66.7 Å². The number of carbonyl (C=O) groups is 1. The van der Waals surface area contributed by atoms with Crippen LogP contribution in [0.2, 0.25) is 0 Å². The zero-order chi connectivity index (χ0) is 31.6. The summed E-state index contributed by atoms with van der Waals surface area (Å²) in [5.41, 5.74) is 5.91. The van der Waals surface area contributed by atoms with Crippen LogP contribution in [-0.2, 0) is 16.0 Å². The van der Waals surface area contributed by atoms with Gasteiger partial charge < -0.3 is 19.5 Å². The van der Waals surface area contributed by atoms with Crippen molar-refractivity contribution in [3.8, 4) is 16.9 Å². The highest BCUT2D eigenvalue weighted by atomic mass is 16.5. The van der Waals surface area contributed by atoms with Crippen LogP contribution in [0.3, 0.4) is 0 Å². The Balaban J connectivity index is 1.46. The smallest absolute Gasteiger partial charge is 0.337 e. The third-order valence-corrected chi connectivity index (χ3v) is 8.59. The van der Waals surface area contributed by atoms with E-state index in [9.17, 15) is 9.90 Å². The first-order valence-corrected chi connectivity index (χ1v) is 15.7. The molecule has 232 valence electrons. The Morgan fingerprint density at radius 3 is 2.25 bits per heavy atom. The number of aromatic nitrogens is 1. The molecule has 1 aliphatic heterocycles. The standard InChI is InChI=1S/C38H46N2O4/c1-25-32(29-14-16-31(17-15-29)43-23-18-27-12-13-28-10-8-9-11-30(28)24-27)34(40-21-19-38(6,7)20-22-40)33(26(2)39-25)35(36(41)42)44-37(3,4)5/h8-17,24,35H,18-23H2,1-7H3,(H,41,42). The second-order valence-corrected chi connectivity index (χ2v) is 13.8. The summed E-state index contributed by atoms with van der Waals surface area (Å²) in [6, 6.07) is 23.1. The average molecular weight is 595 g/mol. The number of pyridine rings is 1. The first-order chi connectivity index (χ1) is 20.8. The molecule has 5 rings (SSSR count). The van der Waals surface area contributed by atoms with Crippen molar-refractivity contribution in [1.29, 1.82) is 0 Å². The molecule has 1 saturated heterocycles. The predicted octanol–water partition coefficient (Wildman–Crippen LogP) is 8.71. The minimum Gasteiger partial charge on any atom is -0.493 e. The molecule has 0 aliphatic carbocycles. The molecule has 6 heteroatoms. The number of carboxylic acids is 1. The molecule has 0 amide bonds. The molecular formula is C38H46N2O4. The summed E-state index contributed by atoms with van der Waals surface area (Å²) in [6.07, 6.45) is 1.73. The molecule has 0 radical (unpaired) electrons. The van der Waals surface area contributed by atoms with Crippen molar-refractivity contribution in [1.82, 2.24) is 4.98 Å². The van der Waals surface area contributed by atoms with Gasteiger partial charge in [-0.3, -0.25) is 4.98 Å². The molecule has 0 spiro atoms. The van der Waals surface area contributed by atoms with Gasteiger partial charge in [-0.15, -0.1) is 0 Å². The van der Waals surface area contributed by atoms with Gasteiger partial charge in [0.2, 0.25) is 0 Å². The topological polar surface area (TPSA) is 71.9 Å². The number of piperidine rings is 1. The summed E-state index contributed by atoms with van der Waals surface area (Å²) in [7, 11) is 0. The van der Waals surface area contributed by atoms with E-state index in [4.69, 9.17) is 14.5 Å². The van der Waals surface area contributed by atoms with E-state index < -0.39 is 17.7 Å². The molecule has 1 unspecified atom stereocenters. The monoisotopic (exact) mass is 594 g/mol. The van der Waals surface area contributed by atoms with Gasteiger partial charge in [0, 0.05) is 42.0 Å². The van der Waals surface area contributed by atoms with E-state index in [2.05, 4.69) is 73.3 Å². The molecule has 4 aromatic rings. The second kappa shape index (κ2) is 12.6. The van der Waals surface area contributed by atoms with Gasteiger partial charge in [-0.1, -0.05) is 68.4 Å². The fourth-order valence-corrected chi connectivity index (χ4v) is 6.15. The first kappa shape index (κ1) is 31.5. The fourth-order valence-electron chi connectivity index (χ4n) is 6.15. The van der Waals surface area contributed by atoms with Crippen LogP contribution >= 0.6 is 0 Å². The van der Waals surface area contributed by atoms with Gasteiger partial charge in [0.1, 0.15) is 5.75 Å². The number of carboxylic acid groups (broad SMARTS) is 1. The maximum Gasteiger partial charge on any atom is 0.337 e. The Hall–Kier alpha value is -3.90. The zero-order valence-electron chi connectivity index (χ0n) is 27.2. The van der Waals surface area contributed by atoms with E-state index in [0.717, 1.165) is 60.6 Å². The van der Waals surface area contributed by atoms with Crippen molar-refractivity contribution in [3.05, 3.63) is 89.2 Å². The van der Waals surface area contributed by atoms with Gasteiger partial charge in [0.15, 0.2) is 6.10 Å². The van der Waals surface area contributed by atoms with Gasteiger partial charge in [0.05, 0.1) is 17.9 Å². The molecule has 1 atom stereocenters. The van der Waals surface area contributed by atoms with Crippen molar-refractivity contribution in [2.75, 3.05) is 24.6 Å². The molecule has 3 aromatic carbocycles. The molecule has 0 bridgehead atoms. The number of ether oxygens (including phenoxy) is 2. The quantitative estimate of drug-likeness (QED) is 0.209. The van der Waals surface area contributed by atoms with Gasteiger partial charge in [-0.05, 0) is 86.9 Å². The maximum atomic E-state index is 12.7. The van der Waals surface area contributed by atoms with Crippen molar-refractivity contribution in [2.45, 2.75) is 79.4 Å². The normalized spacial score (nSPS) is 15.8. The van der Waals surface area contributed by atoms with Crippen LogP contribution in [0, 0.1) is 19.3 Å². The van der Waals surface area contributed by atoms with E-state index in [-0.39, 0.29) is 5.41 Å². The van der Waals surface area contributed by atoms with Crippen LogP contribution < -0.4 is 9.64 Å². The van der Waals surface area contributed by atoms with Gasteiger partial charge in [-0.25, -0.2) is 4.79 Å². The molecule has 0 saturated carbocycles. The Morgan fingerprint density at radius 2 is 1.61 bits per heavy atom. The molecular weight excluding hydrogens is 548 g/mol. The lowest BCUT2D eigenvalue weighted by molar-refractivity contribution is -0.160. The Morgan fingerprint density at radius 1 is 0.955 bits per heavy atom. The van der Waals surface area contributed by atoms with Crippen LogP contribution in [0.4, 0.5) is 5.69 Å². The van der Waals surface area contributed by atoms with Crippen LogP contribution in [0.25, 0.3) is 21.9 Å². The third-order valence-electron chi connectivity index (χ3n) is 8.59. The van der Waals surface area contributed by atoms with E-state index in [1.54, 1.807) is 0 Å². The second-order valence-electron chi connectivity index (χ2n) is 13.8. The average Bonchev–Trinajstić information content (AvgIpc) is 2.96. The highest BCUT2D eigenvalue weighted by molar-refractivity contribution is 5.88. The first-order valence-electron chi connectivity index (χ1n) is 15.7. The highest BCUT2D eigenvalue weighted by Gasteiger charge is 2.36. The minimum atomic E-state index is -1.13. The largest absolute Gasteiger partial charge is 0.493 e. The number of aryl methyl sites for hydroxylation is 2. The lowest BCUT2D eigenvalue weighted by Crippen LogP contribution is -2.39. The van der Waals surface area contributed by atoms with Gasteiger partial charge >= 0.3 is 5.97 Å². The molecule has 1 N–H and O–H groups in total. The predicted molar refractivity (Wildman–Crippen MR) is 179 cm³/mol. The molecule has 6 nitrogen and oxygen atoms in total. The van der Waals surface area contributed by atoms with Gasteiger partial charge in [0.25, 0.3) is 0 Å². The molecule has 1 fully saturated rings. The van der Waals surface area contributed by atoms with Gasteiger partial charge in [-0.2, -0.15) is 0 Å². The van der Waals surface area contributed by atoms with Crippen molar-refractivity contribution in [3.63, 3.8) is 0 Å². The number of benzene rings is 3. The summed E-state index contributed by atoms with van der Waals surface area (Å²) >= 11 is 0. The van der Waals surface area contributed by atoms with E-state index in [0.29, 0.717) is 17.9 Å². The lowest BCUT2D eigenvalue weighted by atomic mass is 9.82. The number of aliphatic carboxylic acids is 1. The molecule has 44 heavy (non-hydrogen) atoms. The van der Waals surface area contributed by atoms with Crippen LogP contribution in [0.5, 0.6) is 5.75 Å². The summed E-state index contributed by atoms with van der Waals surface area (Å²) in [6.45, 7) is 16.4. The SMILES string of the molecule is Cc1nc(C)c(C(OC(C)(C)C)C(=O)O)c(N2CCC(C)(C)CC2)c1-c1ccc(OCCc2ccc3ccccc3c2)cc1. The number of fused-ring (bicyclic) bond motifs is 1. The Kier molecular flexibility index (Phi) is 9.03.